The van der Waals surface area contributed by atoms with Crippen LogP contribution in [0, 0.1) is 5.92 Å². The zero-order chi connectivity index (χ0) is 15.5. The van der Waals surface area contributed by atoms with Gasteiger partial charge in [0.05, 0.1) is 10.5 Å². The molecule has 0 aliphatic carbocycles. The first-order valence-corrected chi connectivity index (χ1v) is 8.22. The zero-order valence-corrected chi connectivity index (χ0v) is 12.7. The molecule has 1 fully saturated rings. The van der Waals surface area contributed by atoms with Crippen molar-refractivity contribution in [3.63, 3.8) is 0 Å². The Bertz CT molecular complexity index is 606. The monoisotopic (exact) mass is 313 g/mol. The number of ether oxygens (including phenoxy) is 1. The number of benzene rings is 1. The van der Waals surface area contributed by atoms with Crippen LogP contribution in [0.25, 0.3) is 0 Å². The van der Waals surface area contributed by atoms with Crippen molar-refractivity contribution in [2.45, 2.75) is 17.7 Å². The topological polar surface area (TPSA) is 83.9 Å². The van der Waals surface area contributed by atoms with Crippen LogP contribution in [0.3, 0.4) is 0 Å². The van der Waals surface area contributed by atoms with E-state index in [1.807, 2.05) is 0 Å². The normalized spacial score (nSPS) is 17.8. The summed E-state index contributed by atoms with van der Waals surface area (Å²) < 4.78 is 31.7. The van der Waals surface area contributed by atoms with Crippen LogP contribution in [0.4, 0.5) is 0 Å². The fourth-order valence-electron chi connectivity index (χ4n) is 2.56. The average Bonchev–Trinajstić information content (AvgIpc) is 2.48. The average molecular weight is 313 g/mol. The highest BCUT2D eigenvalue weighted by atomic mass is 32.2. The van der Waals surface area contributed by atoms with E-state index in [-0.39, 0.29) is 10.5 Å². The molecule has 0 radical (unpaired) electrons. The van der Waals surface area contributed by atoms with E-state index in [1.54, 1.807) is 7.11 Å². The van der Waals surface area contributed by atoms with Gasteiger partial charge in [-0.05, 0) is 30.9 Å². The van der Waals surface area contributed by atoms with Crippen molar-refractivity contribution < 1.29 is 23.1 Å². The number of piperidine rings is 1. The number of methoxy groups -OCH3 is 1. The highest BCUT2D eigenvalue weighted by Crippen LogP contribution is 2.25. The molecule has 1 aromatic carbocycles. The van der Waals surface area contributed by atoms with Gasteiger partial charge in [-0.15, -0.1) is 0 Å². The lowest BCUT2D eigenvalue weighted by Crippen LogP contribution is -2.39. The Morgan fingerprint density at radius 2 is 1.95 bits per heavy atom. The van der Waals surface area contributed by atoms with Crippen LogP contribution in [-0.2, 0) is 14.8 Å². The highest BCUT2D eigenvalue weighted by Gasteiger charge is 2.31. The van der Waals surface area contributed by atoms with E-state index < -0.39 is 16.0 Å². The van der Waals surface area contributed by atoms with Gasteiger partial charge < -0.3 is 9.84 Å². The molecular formula is C14H19NO5S. The number of carboxylic acids is 1. The molecule has 0 bridgehead atoms. The van der Waals surface area contributed by atoms with Gasteiger partial charge in [0.1, 0.15) is 0 Å². The summed E-state index contributed by atoms with van der Waals surface area (Å²) in [6, 6.07) is 5.72. The lowest BCUT2D eigenvalue weighted by atomic mass is 9.99. The SMILES string of the molecule is COCC1CCN(S(=O)(=O)c2ccccc2C(=O)O)CC1. The fraction of sp³-hybridized carbons (Fsp3) is 0.500. The van der Waals surface area contributed by atoms with Crippen LogP contribution in [0.2, 0.25) is 0 Å². The van der Waals surface area contributed by atoms with Crippen molar-refractivity contribution in [1.29, 1.82) is 0 Å². The summed E-state index contributed by atoms with van der Waals surface area (Å²) in [5, 5.41) is 9.14. The van der Waals surface area contributed by atoms with E-state index in [0.29, 0.717) is 25.6 Å². The van der Waals surface area contributed by atoms with Crippen molar-refractivity contribution in [3.05, 3.63) is 29.8 Å². The van der Waals surface area contributed by atoms with E-state index in [1.165, 1.54) is 28.6 Å². The molecule has 116 valence electrons. The fourth-order valence-corrected chi connectivity index (χ4v) is 4.21. The molecule has 0 unspecified atom stereocenters. The number of aromatic carboxylic acids is 1. The maximum absolute atomic E-state index is 12.6. The Balaban J connectivity index is 2.22. The van der Waals surface area contributed by atoms with Gasteiger partial charge in [0.15, 0.2) is 0 Å². The molecule has 6 nitrogen and oxygen atoms in total. The molecule has 1 N–H and O–H groups in total. The number of carboxylic acid groups (broad SMARTS) is 1. The predicted molar refractivity (Wildman–Crippen MR) is 76.8 cm³/mol. The minimum atomic E-state index is -3.76. The first kappa shape index (κ1) is 15.9. The van der Waals surface area contributed by atoms with Gasteiger partial charge in [-0.25, -0.2) is 13.2 Å². The third-order valence-electron chi connectivity index (χ3n) is 3.71. The highest BCUT2D eigenvalue weighted by molar-refractivity contribution is 7.89. The van der Waals surface area contributed by atoms with Crippen LogP contribution in [0.15, 0.2) is 29.2 Å². The smallest absolute Gasteiger partial charge is 0.337 e. The molecule has 1 heterocycles. The molecule has 1 aromatic rings. The third-order valence-corrected chi connectivity index (χ3v) is 5.67. The number of hydrogen-bond donors (Lipinski definition) is 1. The van der Waals surface area contributed by atoms with Crippen LogP contribution in [0.5, 0.6) is 0 Å². The molecule has 2 rings (SSSR count). The number of sulfonamides is 1. The summed E-state index contributed by atoms with van der Waals surface area (Å²) in [4.78, 5) is 11.1. The Morgan fingerprint density at radius 3 is 2.52 bits per heavy atom. The summed E-state index contributed by atoms with van der Waals surface area (Å²) in [6.45, 7) is 1.41. The lowest BCUT2D eigenvalue weighted by molar-refractivity contribution is 0.0692. The Labute approximate surface area is 124 Å². The third kappa shape index (κ3) is 3.42. The molecule has 7 heteroatoms. The minimum Gasteiger partial charge on any atom is -0.478 e. The van der Waals surface area contributed by atoms with E-state index in [9.17, 15) is 13.2 Å². The van der Waals surface area contributed by atoms with E-state index >= 15 is 0 Å². The van der Waals surface area contributed by atoms with E-state index in [0.717, 1.165) is 12.8 Å². The van der Waals surface area contributed by atoms with Gasteiger partial charge in [0.2, 0.25) is 10.0 Å². The Morgan fingerprint density at radius 1 is 1.33 bits per heavy atom. The Kier molecular flexibility index (Phi) is 4.97. The zero-order valence-electron chi connectivity index (χ0n) is 11.9. The second-order valence-corrected chi connectivity index (χ2v) is 7.01. The summed E-state index contributed by atoms with van der Waals surface area (Å²) in [6.07, 6.45) is 1.45. The van der Waals surface area contributed by atoms with Gasteiger partial charge >= 0.3 is 5.97 Å². The van der Waals surface area contributed by atoms with Gasteiger partial charge in [-0.1, -0.05) is 12.1 Å². The second-order valence-electron chi connectivity index (χ2n) is 5.10. The summed E-state index contributed by atoms with van der Waals surface area (Å²) in [7, 11) is -2.13. The molecule has 1 aliphatic heterocycles. The molecule has 0 amide bonds. The number of rotatable bonds is 5. The maximum atomic E-state index is 12.6. The summed E-state index contributed by atoms with van der Waals surface area (Å²) in [5.74, 6) is -0.875. The van der Waals surface area contributed by atoms with Gasteiger partial charge in [0, 0.05) is 26.8 Å². The molecule has 0 atom stereocenters. The predicted octanol–water partition coefficient (Wildman–Crippen LogP) is 1.43. The molecular weight excluding hydrogens is 294 g/mol. The molecule has 0 saturated carbocycles. The molecule has 1 aliphatic rings. The van der Waals surface area contributed by atoms with Gasteiger partial charge in [0.25, 0.3) is 0 Å². The van der Waals surface area contributed by atoms with E-state index in [4.69, 9.17) is 9.84 Å². The number of hydrogen-bond acceptors (Lipinski definition) is 4. The minimum absolute atomic E-state index is 0.136. The molecule has 1 saturated heterocycles. The standard InChI is InChI=1S/C14H19NO5S/c1-20-10-11-6-8-15(9-7-11)21(18,19)13-5-3-2-4-12(13)14(16)17/h2-5,11H,6-10H2,1H3,(H,16,17). The van der Waals surface area contributed by atoms with Crippen molar-refractivity contribution in [2.75, 3.05) is 26.8 Å². The largest absolute Gasteiger partial charge is 0.478 e. The maximum Gasteiger partial charge on any atom is 0.337 e. The molecule has 0 aromatic heterocycles. The van der Waals surface area contributed by atoms with Crippen LogP contribution >= 0.6 is 0 Å². The Hall–Kier alpha value is -1.44. The van der Waals surface area contributed by atoms with Crippen molar-refractivity contribution in [1.82, 2.24) is 4.31 Å². The number of carbonyl (C=O) groups is 1. The lowest BCUT2D eigenvalue weighted by Gasteiger charge is -2.31. The molecule has 21 heavy (non-hydrogen) atoms. The van der Waals surface area contributed by atoms with Gasteiger partial charge in [-0.3, -0.25) is 0 Å². The van der Waals surface area contributed by atoms with Crippen LogP contribution in [0.1, 0.15) is 23.2 Å². The van der Waals surface area contributed by atoms with Crippen molar-refractivity contribution in [3.8, 4) is 0 Å². The van der Waals surface area contributed by atoms with Crippen LogP contribution in [-0.4, -0.2) is 50.6 Å². The molecule has 0 spiro atoms. The number of nitrogens with zero attached hydrogens (tertiary/aromatic N) is 1. The first-order chi connectivity index (χ1) is 9.96. The van der Waals surface area contributed by atoms with Crippen molar-refractivity contribution >= 4 is 16.0 Å². The second kappa shape index (κ2) is 6.55. The summed E-state index contributed by atoms with van der Waals surface area (Å²) in [5.41, 5.74) is -0.184. The van der Waals surface area contributed by atoms with E-state index in [2.05, 4.69) is 0 Å². The quantitative estimate of drug-likeness (QED) is 0.889. The summed E-state index contributed by atoms with van der Waals surface area (Å²) >= 11 is 0. The van der Waals surface area contributed by atoms with Crippen LogP contribution < -0.4 is 0 Å². The van der Waals surface area contributed by atoms with Gasteiger partial charge in [-0.2, -0.15) is 4.31 Å². The van der Waals surface area contributed by atoms with Crippen molar-refractivity contribution in [2.24, 2.45) is 5.92 Å². The first-order valence-electron chi connectivity index (χ1n) is 6.78.